The van der Waals surface area contributed by atoms with Crippen molar-refractivity contribution in [2.45, 2.75) is 44.6 Å². The van der Waals surface area contributed by atoms with Gasteiger partial charge in [0.15, 0.2) is 0 Å². The molecule has 1 aliphatic carbocycles. The second kappa shape index (κ2) is 6.65. The van der Waals surface area contributed by atoms with E-state index in [1.165, 1.54) is 32.1 Å². The van der Waals surface area contributed by atoms with E-state index in [-0.39, 0.29) is 5.54 Å². The van der Waals surface area contributed by atoms with Crippen LogP contribution in [0.15, 0.2) is 0 Å². The molecule has 0 bridgehead atoms. The van der Waals surface area contributed by atoms with Gasteiger partial charge >= 0.3 is 0 Å². The van der Waals surface area contributed by atoms with Crippen molar-refractivity contribution < 1.29 is 4.74 Å². The number of hydrogen-bond donors (Lipinski definition) is 1. The average Bonchev–Trinajstić information content (AvgIpc) is 2.15. The maximum Gasteiger partial charge on any atom is 0.0591 e. The molecule has 0 radical (unpaired) electrons. The van der Waals surface area contributed by atoms with Gasteiger partial charge in [0.25, 0.3) is 0 Å². The summed E-state index contributed by atoms with van der Waals surface area (Å²) in [4.78, 5) is 0. The number of halogens is 1. The van der Waals surface area contributed by atoms with Gasteiger partial charge in [0.2, 0.25) is 0 Å². The maximum atomic E-state index is 5.92. The molecule has 0 heterocycles. The van der Waals surface area contributed by atoms with Crippen LogP contribution < -0.4 is 5.32 Å². The molecule has 3 heteroatoms. The Morgan fingerprint density at radius 3 is 2.64 bits per heavy atom. The highest BCUT2D eigenvalue weighted by Crippen LogP contribution is 2.32. The minimum absolute atomic E-state index is 0.246. The van der Waals surface area contributed by atoms with Gasteiger partial charge in [-0.25, -0.2) is 0 Å². The first kappa shape index (κ1) is 12.3. The number of nitrogens with one attached hydrogen (secondary N) is 1. The second-order valence-corrected chi connectivity index (χ2v) is 4.43. The van der Waals surface area contributed by atoms with E-state index in [0.29, 0.717) is 0 Å². The lowest BCUT2D eigenvalue weighted by Gasteiger charge is -2.41. The van der Waals surface area contributed by atoms with Crippen LogP contribution in [0.1, 0.15) is 39.0 Å². The molecule has 14 heavy (non-hydrogen) atoms. The van der Waals surface area contributed by atoms with Gasteiger partial charge in [0.1, 0.15) is 0 Å². The number of ether oxygens (including phenoxy) is 1. The van der Waals surface area contributed by atoms with E-state index in [0.717, 1.165) is 25.6 Å². The summed E-state index contributed by atoms with van der Waals surface area (Å²) >= 11 is 5.92. The van der Waals surface area contributed by atoms with E-state index < -0.39 is 0 Å². The highest BCUT2D eigenvalue weighted by Gasteiger charge is 2.34. The molecule has 2 nitrogen and oxygen atoms in total. The minimum Gasteiger partial charge on any atom is -0.380 e. The minimum atomic E-state index is 0.246. The van der Waals surface area contributed by atoms with Crippen molar-refractivity contribution in [1.82, 2.24) is 5.32 Å². The van der Waals surface area contributed by atoms with Crippen molar-refractivity contribution in [2.24, 2.45) is 0 Å². The standard InChI is InChI=1S/C11H22ClNO/c1-2-3-8-14-9-7-13-11(10-12)5-4-6-11/h13H,2-10H2,1H3. The molecule has 0 aliphatic heterocycles. The fraction of sp³-hybridized carbons (Fsp3) is 1.00. The average molecular weight is 220 g/mol. The fourth-order valence-electron chi connectivity index (χ4n) is 1.70. The highest BCUT2D eigenvalue weighted by atomic mass is 35.5. The molecule has 0 aromatic carbocycles. The van der Waals surface area contributed by atoms with Crippen LogP contribution in [0.5, 0.6) is 0 Å². The number of hydrogen-bond acceptors (Lipinski definition) is 2. The number of rotatable bonds is 8. The largest absolute Gasteiger partial charge is 0.380 e. The molecular formula is C11H22ClNO. The van der Waals surface area contributed by atoms with Crippen molar-refractivity contribution in [1.29, 1.82) is 0 Å². The molecule has 1 saturated carbocycles. The lowest BCUT2D eigenvalue weighted by molar-refractivity contribution is 0.115. The van der Waals surface area contributed by atoms with Crippen LogP contribution in [0.3, 0.4) is 0 Å². The lowest BCUT2D eigenvalue weighted by atomic mass is 9.78. The summed E-state index contributed by atoms with van der Waals surface area (Å²) in [5.41, 5.74) is 0.246. The lowest BCUT2D eigenvalue weighted by Crippen LogP contribution is -2.53. The fourth-order valence-corrected chi connectivity index (χ4v) is 2.06. The van der Waals surface area contributed by atoms with Gasteiger partial charge in [-0.3, -0.25) is 0 Å². The predicted octanol–water partition coefficient (Wildman–Crippen LogP) is 2.55. The molecule has 1 fully saturated rings. The molecule has 1 N–H and O–H groups in total. The molecule has 1 aliphatic rings. The summed E-state index contributed by atoms with van der Waals surface area (Å²) in [6.07, 6.45) is 6.15. The second-order valence-electron chi connectivity index (χ2n) is 4.16. The van der Waals surface area contributed by atoms with E-state index in [4.69, 9.17) is 16.3 Å². The maximum absolute atomic E-state index is 5.92. The number of alkyl halides is 1. The first-order chi connectivity index (χ1) is 6.83. The molecule has 0 amide bonds. The molecule has 0 saturated heterocycles. The van der Waals surface area contributed by atoms with Crippen molar-refractivity contribution >= 4 is 11.6 Å². The zero-order chi connectivity index (χ0) is 10.3. The first-order valence-corrected chi connectivity index (χ1v) is 6.25. The van der Waals surface area contributed by atoms with Gasteiger partial charge in [-0.15, -0.1) is 11.6 Å². The van der Waals surface area contributed by atoms with Crippen LogP contribution >= 0.6 is 11.6 Å². The highest BCUT2D eigenvalue weighted by molar-refractivity contribution is 6.18. The van der Waals surface area contributed by atoms with Crippen LogP contribution in [0.25, 0.3) is 0 Å². The topological polar surface area (TPSA) is 21.3 Å². The van der Waals surface area contributed by atoms with Gasteiger partial charge in [-0.1, -0.05) is 13.3 Å². The quantitative estimate of drug-likeness (QED) is 0.501. The predicted molar refractivity (Wildman–Crippen MR) is 61.0 cm³/mol. The Hall–Kier alpha value is 0.210. The van der Waals surface area contributed by atoms with Crippen molar-refractivity contribution in [3.05, 3.63) is 0 Å². The molecule has 0 atom stereocenters. The number of unbranched alkanes of at least 4 members (excludes halogenated alkanes) is 1. The Balaban J connectivity index is 1.92. The summed E-state index contributed by atoms with van der Waals surface area (Å²) in [5, 5.41) is 3.50. The van der Waals surface area contributed by atoms with E-state index in [1.807, 2.05) is 0 Å². The van der Waals surface area contributed by atoms with Crippen LogP contribution in [-0.4, -0.2) is 31.2 Å². The van der Waals surface area contributed by atoms with Crippen molar-refractivity contribution in [3.63, 3.8) is 0 Å². The van der Waals surface area contributed by atoms with Gasteiger partial charge in [0, 0.05) is 24.6 Å². The van der Waals surface area contributed by atoms with Crippen LogP contribution in [0.4, 0.5) is 0 Å². The Morgan fingerprint density at radius 2 is 2.14 bits per heavy atom. The Kier molecular flexibility index (Phi) is 5.83. The molecule has 0 aromatic rings. The monoisotopic (exact) mass is 219 g/mol. The molecule has 0 aromatic heterocycles. The summed E-state index contributed by atoms with van der Waals surface area (Å²) in [7, 11) is 0. The summed E-state index contributed by atoms with van der Waals surface area (Å²) in [5.74, 6) is 0.738. The van der Waals surface area contributed by atoms with E-state index in [2.05, 4.69) is 12.2 Å². The Morgan fingerprint density at radius 1 is 1.36 bits per heavy atom. The SMILES string of the molecule is CCCCOCCNC1(CCl)CCC1. The third-order valence-electron chi connectivity index (χ3n) is 2.96. The van der Waals surface area contributed by atoms with Gasteiger partial charge in [0.05, 0.1) is 6.61 Å². The van der Waals surface area contributed by atoms with Crippen LogP contribution in [0.2, 0.25) is 0 Å². The molecule has 0 spiro atoms. The van der Waals surface area contributed by atoms with Gasteiger partial charge < -0.3 is 10.1 Å². The van der Waals surface area contributed by atoms with E-state index in [1.54, 1.807) is 0 Å². The van der Waals surface area contributed by atoms with Crippen molar-refractivity contribution in [3.8, 4) is 0 Å². The van der Waals surface area contributed by atoms with Gasteiger partial charge in [-0.2, -0.15) is 0 Å². The zero-order valence-electron chi connectivity index (χ0n) is 9.15. The van der Waals surface area contributed by atoms with Crippen LogP contribution in [-0.2, 0) is 4.74 Å². The molecule has 1 rings (SSSR count). The normalized spacial score (nSPS) is 19.3. The smallest absolute Gasteiger partial charge is 0.0591 e. The third kappa shape index (κ3) is 3.76. The molecule has 84 valence electrons. The third-order valence-corrected chi connectivity index (χ3v) is 3.47. The van der Waals surface area contributed by atoms with Gasteiger partial charge in [-0.05, 0) is 25.7 Å². The summed E-state index contributed by atoms with van der Waals surface area (Å²) in [6.45, 7) is 4.83. The van der Waals surface area contributed by atoms with E-state index >= 15 is 0 Å². The molecule has 0 unspecified atom stereocenters. The first-order valence-electron chi connectivity index (χ1n) is 5.72. The van der Waals surface area contributed by atoms with Crippen molar-refractivity contribution in [2.75, 3.05) is 25.6 Å². The summed E-state index contributed by atoms with van der Waals surface area (Å²) < 4.78 is 5.48. The Bertz CT molecular complexity index is 143. The summed E-state index contributed by atoms with van der Waals surface area (Å²) in [6, 6.07) is 0. The Labute approximate surface area is 92.3 Å². The van der Waals surface area contributed by atoms with Crippen LogP contribution in [0, 0.1) is 0 Å². The zero-order valence-corrected chi connectivity index (χ0v) is 9.91. The van der Waals surface area contributed by atoms with E-state index in [9.17, 15) is 0 Å². The molecular weight excluding hydrogens is 198 g/mol.